The topological polar surface area (TPSA) is 94.8 Å². The summed E-state index contributed by atoms with van der Waals surface area (Å²) in [5.74, 6) is 2.02. The number of hydrogen-bond donors (Lipinski definition) is 1. The molecule has 164 valence electrons. The predicted octanol–water partition coefficient (Wildman–Crippen LogP) is 4.79. The van der Waals surface area contributed by atoms with E-state index in [0.29, 0.717) is 28.6 Å². The van der Waals surface area contributed by atoms with Crippen molar-refractivity contribution in [1.29, 1.82) is 0 Å². The number of halogens is 1. The number of hydrogen-bond acceptors (Lipinski definition) is 8. The lowest BCUT2D eigenvalue weighted by atomic mass is 9.90. The Kier molecular flexibility index (Phi) is 7.57. The first-order chi connectivity index (χ1) is 15.1. The maximum absolute atomic E-state index is 12.3. The highest BCUT2D eigenvalue weighted by atomic mass is 79.9. The molecule has 1 aromatic carbocycles. The van der Waals surface area contributed by atoms with Crippen molar-refractivity contribution in [1.82, 2.24) is 25.0 Å². The molecule has 31 heavy (non-hydrogen) atoms. The van der Waals surface area contributed by atoms with Gasteiger partial charge in [0.2, 0.25) is 11.0 Å². The number of ether oxygens (including phenoxy) is 1. The highest BCUT2D eigenvalue weighted by Crippen LogP contribution is 2.35. The first-order valence-corrected chi connectivity index (χ1v) is 12.7. The molecule has 1 fully saturated rings. The number of anilines is 1. The van der Waals surface area contributed by atoms with Crippen LogP contribution in [0.25, 0.3) is 0 Å². The third-order valence-corrected chi connectivity index (χ3v) is 7.63. The number of thioether (sulfide) groups is 1. The highest BCUT2D eigenvalue weighted by molar-refractivity contribution is 9.10. The van der Waals surface area contributed by atoms with Gasteiger partial charge in [0.05, 0.1) is 5.75 Å². The Morgan fingerprint density at radius 2 is 1.97 bits per heavy atom. The molecule has 1 N–H and O–H groups in total. The molecule has 1 amide bonds. The van der Waals surface area contributed by atoms with Gasteiger partial charge in [0.15, 0.2) is 11.0 Å². The van der Waals surface area contributed by atoms with Crippen LogP contribution in [0.2, 0.25) is 0 Å². The Hall–Kier alpha value is -1.98. The number of carbonyl (C=O) groups is 1. The third kappa shape index (κ3) is 6.05. The van der Waals surface area contributed by atoms with Gasteiger partial charge in [-0.3, -0.25) is 10.1 Å². The van der Waals surface area contributed by atoms with E-state index in [1.165, 1.54) is 55.2 Å². The van der Waals surface area contributed by atoms with Gasteiger partial charge < -0.3 is 9.30 Å². The van der Waals surface area contributed by atoms with Crippen LogP contribution in [0.5, 0.6) is 5.75 Å². The summed E-state index contributed by atoms with van der Waals surface area (Å²) in [5.41, 5.74) is 0. The second-order valence-corrected chi connectivity index (χ2v) is 10.2. The van der Waals surface area contributed by atoms with E-state index in [1.807, 2.05) is 35.9 Å². The maximum Gasteiger partial charge on any atom is 0.236 e. The Bertz CT molecular complexity index is 1020. The van der Waals surface area contributed by atoms with Gasteiger partial charge in [-0.15, -0.1) is 20.4 Å². The van der Waals surface area contributed by atoms with E-state index in [2.05, 4.69) is 41.6 Å². The van der Waals surface area contributed by atoms with Gasteiger partial charge in [-0.2, -0.15) is 0 Å². The molecule has 0 atom stereocenters. The molecule has 4 rings (SSSR count). The molecule has 1 aliphatic carbocycles. The Morgan fingerprint density at radius 1 is 1.19 bits per heavy atom. The zero-order chi connectivity index (χ0) is 21.6. The molecule has 2 heterocycles. The van der Waals surface area contributed by atoms with Crippen LogP contribution in [0.3, 0.4) is 0 Å². The van der Waals surface area contributed by atoms with Crippen LogP contribution < -0.4 is 10.1 Å². The van der Waals surface area contributed by atoms with Gasteiger partial charge in [-0.05, 0) is 37.1 Å². The van der Waals surface area contributed by atoms with E-state index in [4.69, 9.17) is 4.74 Å². The number of amides is 1. The molecular weight excluding hydrogens is 500 g/mol. The van der Waals surface area contributed by atoms with Crippen LogP contribution in [0.1, 0.15) is 48.9 Å². The maximum atomic E-state index is 12.3. The molecule has 0 unspecified atom stereocenters. The largest absolute Gasteiger partial charge is 0.486 e. The average Bonchev–Trinajstić information content (AvgIpc) is 3.39. The minimum atomic E-state index is -0.132. The van der Waals surface area contributed by atoms with Crippen molar-refractivity contribution in [2.24, 2.45) is 7.05 Å². The Labute approximate surface area is 197 Å². The minimum Gasteiger partial charge on any atom is -0.486 e. The van der Waals surface area contributed by atoms with Gasteiger partial charge in [0, 0.05) is 17.4 Å². The number of benzene rings is 1. The average molecular weight is 523 g/mol. The van der Waals surface area contributed by atoms with Crippen molar-refractivity contribution in [3.05, 3.63) is 39.6 Å². The van der Waals surface area contributed by atoms with Crippen LogP contribution in [0.15, 0.2) is 33.9 Å². The highest BCUT2D eigenvalue weighted by Gasteiger charge is 2.20. The molecule has 11 heteroatoms. The van der Waals surface area contributed by atoms with Crippen molar-refractivity contribution in [2.45, 2.75) is 49.8 Å². The normalized spacial score (nSPS) is 14.5. The first kappa shape index (κ1) is 22.2. The Morgan fingerprint density at radius 3 is 2.74 bits per heavy atom. The quantitative estimate of drug-likeness (QED) is 0.425. The van der Waals surface area contributed by atoms with Crippen molar-refractivity contribution >= 4 is 50.1 Å². The summed E-state index contributed by atoms with van der Waals surface area (Å²) in [7, 11) is 1.86. The molecule has 0 bridgehead atoms. The summed E-state index contributed by atoms with van der Waals surface area (Å²) in [5, 5.41) is 21.9. The van der Waals surface area contributed by atoms with Crippen LogP contribution in [0.4, 0.5) is 5.13 Å². The lowest BCUT2D eigenvalue weighted by Crippen LogP contribution is -2.14. The summed E-state index contributed by atoms with van der Waals surface area (Å²) in [4.78, 5) is 12.3. The number of rotatable bonds is 8. The smallest absolute Gasteiger partial charge is 0.236 e. The molecule has 8 nitrogen and oxygen atoms in total. The molecule has 1 aliphatic rings. The molecule has 0 radical (unpaired) electrons. The molecule has 3 aromatic rings. The summed E-state index contributed by atoms with van der Waals surface area (Å²) in [6.45, 7) is 0.298. The number of carbonyl (C=O) groups excluding carboxylic acids is 1. The predicted molar refractivity (Wildman–Crippen MR) is 125 cm³/mol. The van der Waals surface area contributed by atoms with E-state index in [0.717, 1.165) is 15.2 Å². The zero-order valence-corrected chi connectivity index (χ0v) is 20.3. The van der Waals surface area contributed by atoms with Crippen molar-refractivity contribution in [3.8, 4) is 5.75 Å². The summed E-state index contributed by atoms with van der Waals surface area (Å²) in [6, 6.07) is 7.60. The molecule has 1 saturated carbocycles. The van der Waals surface area contributed by atoms with Crippen molar-refractivity contribution in [3.63, 3.8) is 0 Å². The molecule has 2 aromatic heterocycles. The van der Waals surface area contributed by atoms with Crippen LogP contribution in [-0.2, 0) is 18.4 Å². The fraction of sp³-hybridized carbons (Fsp3) is 0.450. The van der Waals surface area contributed by atoms with E-state index < -0.39 is 0 Å². The monoisotopic (exact) mass is 522 g/mol. The molecule has 0 aliphatic heterocycles. The second kappa shape index (κ2) is 10.6. The van der Waals surface area contributed by atoms with E-state index in [9.17, 15) is 4.79 Å². The SMILES string of the molecule is Cn1c(COc2ccc(Br)cc2)nnc1SCC(=O)Nc1nnc(C2CCCCC2)s1. The minimum absolute atomic E-state index is 0.132. The van der Waals surface area contributed by atoms with E-state index in [1.54, 1.807) is 0 Å². The third-order valence-electron chi connectivity index (χ3n) is 5.08. The number of aromatic nitrogens is 5. The first-order valence-electron chi connectivity index (χ1n) is 10.1. The van der Waals surface area contributed by atoms with Gasteiger partial charge in [-0.25, -0.2) is 0 Å². The summed E-state index contributed by atoms with van der Waals surface area (Å²) < 4.78 is 8.58. The van der Waals surface area contributed by atoms with E-state index in [-0.39, 0.29) is 11.7 Å². The van der Waals surface area contributed by atoms with Gasteiger partial charge >= 0.3 is 0 Å². The van der Waals surface area contributed by atoms with Gasteiger partial charge in [-0.1, -0.05) is 58.3 Å². The zero-order valence-electron chi connectivity index (χ0n) is 17.1. The second-order valence-electron chi connectivity index (χ2n) is 7.32. The molecule has 0 spiro atoms. The molecule has 0 saturated heterocycles. The van der Waals surface area contributed by atoms with Gasteiger partial charge in [0.25, 0.3) is 0 Å². The standard InChI is InChI=1S/C20H23BrN6O2S2/c1-27-16(11-29-15-9-7-14(21)8-10-15)23-26-20(27)30-12-17(28)22-19-25-24-18(31-19)13-5-3-2-4-6-13/h7-10,13H,2-6,11-12H2,1H3,(H,22,25,28). The van der Waals surface area contributed by atoms with Crippen LogP contribution >= 0.6 is 39.0 Å². The van der Waals surface area contributed by atoms with Gasteiger partial charge in [0.1, 0.15) is 17.4 Å². The molecular formula is C20H23BrN6O2S2. The van der Waals surface area contributed by atoms with Crippen LogP contribution in [-0.4, -0.2) is 36.6 Å². The van der Waals surface area contributed by atoms with Crippen molar-refractivity contribution < 1.29 is 9.53 Å². The van der Waals surface area contributed by atoms with E-state index >= 15 is 0 Å². The summed E-state index contributed by atoms with van der Waals surface area (Å²) in [6.07, 6.45) is 6.13. The number of nitrogens with zero attached hydrogens (tertiary/aromatic N) is 5. The lowest BCUT2D eigenvalue weighted by molar-refractivity contribution is -0.113. The summed E-state index contributed by atoms with van der Waals surface area (Å²) >= 11 is 6.21. The Balaban J connectivity index is 1.26. The fourth-order valence-electron chi connectivity index (χ4n) is 3.36. The van der Waals surface area contributed by atoms with Crippen LogP contribution in [0, 0.1) is 0 Å². The van der Waals surface area contributed by atoms with Crippen molar-refractivity contribution in [2.75, 3.05) is 11.1 Å². The fourth-order valence-corrected chi connectivity index (χ4v) is 5.28. The lowest BCUT2D eigenvalue weighted by Gasteiger charge is -2.18. The number of nitrogens with one attached hydrogen (secondary N) is 1.